The number of para-hydroxylation sites is 1. The summed E-state index contributed by atoms with van der Waals surface area (Å²) in [5.74, 6) is 0.879. The SMILES string of the molecule is c1ccc2c(c1)c1ccc(OC3CCCCO3)cc1n2C1CCCCO1. The monoisotopic (exact) mass is 351 g/mol. The van der Waals surface area contributed by atoms with Crippen molar-refractivity contribution in [3.8, 4) is 5.75 Å². The first kappa shape index (κ1) is 16.2. The van der Waals surface area contributed by atoms with E-state index in [1.807, 2.05) is 0 Å². The molecule has 2 saturated heterocycles. The van der Waals surface area contributed by atoms with E-state index in [0.717, 1.165) is 44.6 Å². The zero-order chi connectivity index (χ0) is 17.3. The van der Waals surface area contributed by atoms with Crippen LogP contribution >= 0.6 is 0 Å². The molecule has 0 amide bonds. The first-order valence-corrected chi connectivity index (χ1v) is 9.83. The number of fused-ring (bicyclic) bond motifs is 3. The first-order valence-electron chi connectivity index (χ1n) is 9.83. The molecule has 5 rings (SSSR count). The van der Waals surface area contributed by atoms with E-state index in [-0.39, 0.29) is 12.5 Å². The van der Waals surface area contributed by atoms with Gasteiger partial charge in [0.05, 0.1) is 17.6 Å². The number of ether oxygens (including phenoxy) is 3. The molecule has 0 N–H and O–H groups in total. The van der Waals surface area contributed by atoms with Gasteiger partial charge in [-0.3, -0.25) is 0 Å². The van der Waals surface area contributed by atoms with Crippen molar-refractivity contribution >= 4 is 21.8 Å². The van der Waals surface area contributed by atoms with Crippen LogP contribution in [0.25, 0.3) is 21.8 Å². The average Bonchev–Trinajstić information content (AvgIpc) is 3.03. The Hall–Kier alpha value is -2.04. The van der Waals surface area contributed by atoms with Crippen molar-refractivity contribution in [3.63, 3.8) is 0 Å². The highest BCUT2D eigenvalue weighted by molar-refractivity contribution is 6.08. The molecule has 4 nitrogen and oxygen atoms in total. The molecule has 3 heterocycles. The third-order valence-electron chi connectivity index (χ3n) is 5.53. The van der Waals surface area contributed by atoms with Crippen molar-refractivity contribution in [1.82, 2.24) is 4.57 Å². The van der Waals surface area contributed by atoms with E-state index in [1.54, 1.807) is 0 Å². The summed E-state index contributed by atoms with van der Waals surface area (Å²) in [6.07, 6.45) is 6.68. The molecule has 1 aromatic heterocycles. The summed E-state index contributed by atoms with van der Waals surface area (Å²) in [7, 11) is 0. The van der Waals surface area contributed by atoms with E-state index in [4.69, 9.17) is 14.2 Å². The summed E-state index contributed by atoms with van der Waals surface area (Å²) in [6.45, 7) is 1.63. The van der Waals surface area contributed by atoms with E-state index in [9.17, 15) is 0 Å². The zero-order valence-electron chi connectivity index (χ0n) is 15.0. The normalized spacial score (nSPS) is 24.2. The molecule has 26 heavy (non-hydrogen) atoms. The number of hydrogen-bond acceptors (Lipinski definition) is 3. The molecule has 2 aliphatic rings. The lowest BCUT2D eigenvalue weighted by Crippen LogP contribution is -2.25. The minimum Gasteiger partial charge on any atom is -0.465 e. The Kier molecular flexibility index (Phi) is 4.31. The van der Waals surface area contributed by atoms with Gasteiger partial charge >= 0.3 is 0 Å². The molecule has 136 valence electrons. The van der Waals surface area contributed by atoms with Crippen LogP contribution in [-0.4, -0.2) is 24.1 Å². The van der Waals surface area contributed by atoms with E-state index >= 15 is 0 Å². The van der Waals surface area contributed by atoms with Gasteiger partial charge in [0, 0.05) is 29.9 Å². The summed E-state index contributed by atoms with van der Waals surface area (Å²) >= 11 is 0. The Morgan fingerprint density at radius 1 is 0.808 bits per heavy atom. The average molecular weight is 351 g/mol. The molecular weight excluding hydrogens is 326 g/mol. The van der Waals surface area contributed by atoms with Crippen LogP contribution < -0.4 is 4.74 Å². The van der Waals surface area contributed by atoms with Crippen molar-refractivity contribution in [2.24, 2.45) is 0 Å². The molecule has 0 radical (unpaired) electrons. The number of hydrogen-bond donors (Lipinski definition) is 0. The van der Waals surface area contributed by atoms with Crippen molar-refractivity contribution in [2.75, 3.05) is 13.2 Å². The second-order valence-electron chi connectivity index (χ2n) is 7.30. The van der Waals surface area contributed by atoms with Gasteiger partial charge < -0.3 is 18.8 Å². The van der Waals surface area contributed by atoms with Gasteiger partial charge in [0.1, 0.15) is 12.0 Å². The van der Waals surface area contributed by atoms with Crippen molar-refractivity contribution in [1.29, 1.82) is 0 Å². The summed E-state index contributed by atoms with van der Waals surface area (Å²) < 4.78 is 20.4. The van der Waals surface area contributed by atoms with Crippen molar-refractivity contribution < 1.29 is 14.2 Å². The van der Waals surface area contributed by atoms with Crippen LogP contribution in [0.5, 0.6) is 5.75 Å². The molecule has 4 heteroatoms. The Balaban J connectivity index is 1.60. The molecule has 2 unspecified atom stereocenters. The van der Waals surface area contributed by atoms with Gasteiger partial charge in [-0.25, -0.2) is 0 Å². The van der Waals surface area contributed by atoms with E-state index < -0.39 is 0 Å². The summed E-state index contributed by atoms with van der Waals surface area (Å²) in [5.41, 5.74) is 2.42. The minimum atomic E-state index is -0.120. The quantitative estimate of drug-likeness (QED) is 0.633. The highest BCUT2D eigenvalue weighted by atomic mass is 16.7. The largest absolute Gasteiger partial charge is 0.465 e. The van der Waals surface area contributed by atoms with E-state index in [0.29, 0.717) is 0 Å². The highest BCUT2D eigenvalue weighted by Gasteiger charge is 2.22. The number of benzene rings is 2. The summed E-state index contributed by atoms with van der Waals surface area (Å²) in [6, 6.07) is 15.0. The lowest BCUT2D eigenvalue weighted by molar-refractivity contribution is -0.105. The Morgan fingerprint density at radius 2 is 1.62 bits per heavy atom. The Morgan fingerprint density at radius 3 is 2.42 bits per heavy atom. The molecule has 0 bridgehead atoms. The van der Waals surface area contributed by atoms with Crippen LogP contribution in [0.15, 0.2) is 42.5 Å². The van der Waals surface area contributed by atoms with Crippen molar-refractivity contribution in [2.45, 2.75) is 51.0 Å². The maximum absolute atomic E-state index is 6.13. The minimum absolute atomic E-state index is 0.104. The summed E-state index contributed by atoms with van der Waals surface area (Å²) in [4.78, 5) is 0. The van der Waals surface area contributed by atoms with Crippen LogP contribution in [0.4, 0.5) is 0 Å². The van der Waals surface area contributed by atoms with Crippen molar-refractivity contribution in [3.05, 3.63) is 42.5 Å². The standard InChI is InChI=1S/C22H25NO3/c1-2-8-19-17(7-1)18-12-11-16(26-22-10-4-6-14-25-22)15-20(18)23(19)21-9-3-5-13-24-21/h1-2,7-8,11-12,15,21-22H,3-6,9-10,13-14H2. The Bertz CT molecular complexity index is 904. The van der Waals surface area contributed by atoms with Gasteiger partial charge in [0.2, 0.25) is 0 Å². The number of rotatable bonds is 3. The Labute approximate surface area is 153 Å². The summed E-state index contributed by atoms with van der Waals surface area (Å²) in [5, 5.41) is 2.53. The molecule has 2 atom stereocenters. The van der Waals surface area contributed by atoms with Crippen LogP contribution in [0, 0.1) is 0 Å². The van der Waals surface area contributed by atoms with Gasteiger partial charge in [-0.05, 0) is 50.3 Å². The molecule has 0 spiro atoms. The third-order valence-corrected chi connectivity index (χ3v) is 5.53. The van der Waals surface area contributed by atoms with E-state index in [2.05, 4.69) is 47.0 Å². The fraction of sp³-hybridized carbons (Fsp3) is 0.455. The lowest BCUT2D eigenvalue weighted by atomic mass is 10.1. The maximum Gasteiger partial charge on any atom is 0.199 e. The molecule has 0 saturated carbocycles. The third kappa shape index (κ3) is 2.87. The molecule has 2 fully saturated rings. The second-order valence-corrected chi connectivity index (χ2v) is 7.30. The lowest BCUT2D eigenvalue weighted by Gasteiger charge is -2.26. The van der Waals surface area contributed by atoms with Crippen LogP contribution in [-0.2, 0) is 9.47 Å². The number of aromatic nitrogens is 1. The van der Waals surface area contributed by atoms with Gasteiger partial charge in [0.15, 0.2) is 6.29 Å². The predicted molar refractivity (Wildman–Crippen MR) is 103 cm³/mol. The maximum atomic E-state index is 6.13. The zero-order valence-corrected chi connectivity index (χ0v) is 15.0. The first-order chi connectivity index (χ1) is 12.9. The molecule has 3 aromatic rings. The molecule has 2 aromatic carbocycles. The number of nitrogens with zero attached hydrogens (tertiary/aromatic N) is 1. The molecular formula is C22H25NO3. The highest BCUT2D eigenvalue weighted by Crippen LogP contribution is 2.37. The molecule has 0 aliphatic carbocycles. The van der Waals surface area contributed by atoms with Gasteiger partial charge in [0.25, 0.3) is 0 Å². The fourth-order valence-corrected chi connectivity index (χ4v) is 4.25. The smallest absolute Gasteiger partial charge is 0.199 e. The fourth-order valence-electron chi connectivity index (χ4n) is 4.25. The van der Waals surface area contributed by atoms with E-state index in [1.165, 1.54) is 34.6 Å². The van der Waals surface area contributed by atoms with Gasteiger partial charge in [-0.2, -0.15) is 0 Å². The van der Waals surface area contributed by atoms with Gasteiger partial charge in [-0.1, -0.05) is 18.2 Å². The predicted octanol–water partition coefficient (Wildman–Crippen LogP) is 5.40. The molecule has 2 aliphatic heterocycles. The van der Waals surface area contributed by atoms with Crippen LogP contribution in [0.3, 0.4) is 0 Å². The van der Waals surface area contributed by atoms with Crippen LogP contribution in [0.1, 0.15) is 44.8 Å². The van der Waals surface area contributed by atoms with Gasteiger partial charge in [-0.15, -0.1) is 0 Å². The second kappa shape index (κ2) is 6.93. The topological polar surface area (TPSA) is 32.6 Å². The van der Waals surface area contributed by atoms with Crippen LogP contribution in [0.2, 0.25) is 0 Å².